The summed E-state index contributed by atoms with van der Waals surface area (Å²) in [6, 6.07) is 9.29. The highest BCUT2D eigenvalue weighted by atomic mass is 79.9. The summed E-state index contributed by atoms with van der Waals surface area (Å²) in [5.74, 6) is 0.0511. The fraction of sp³-hybridized carbons (Fsp3) is 0.133. The van der Waals surface area contributed by atoms with Crippen LogP contribution in [-0.4, -0.2) is 27.1 Å². The molecular formula is C15H12BrN3O2. The number of halogens is 1. The largest absolute Gasteiger partial charge is 0.461 e. The summed E-state index contributed by atoms with van der Waals surface area (Å²) in [4.78, 5) is 20.6. The second-order valence-electron chi connectivity index (χ2n) is 4.34. The molecule has 2 heterocycles. The molecule has 0 fully saturated rings. The van der Waals surface area contributed by atoms with E-state index in [2.05, 4.69) is 25.9 Å². The summed E-state index contributed by atoms with van der Waals surface area (Å²) in [6.45, 7) is 2.10. The average molecular weight is 346 g/mol. The molecule has 0 atom stereocenters. The third kappa shape index (κ3) is 2.54. The van der Waals surface area contributed by atoms with Crippen LogP contribution >= 0.6 is 15.9 Å². The number of esters is 1. The van der Waals surface area contributed by atoms with E-state index >= 15 is 0 Å². The number of hydrogen-bond donors (Lipinski definition) is 0. The van der Waals surface area contributed by atoms with Gasteiger partial charge in [-0.25, -0.2) is 14.8 Å². The van der Waals surface area contributed by atoms with Gasteiger partial charge in [-0.2, -0.15) is 0 Å². The summed E-state index contributed by atoms with van der Waals surface area (Å²) in [5.41, 5.74) is 1.27. The van der Waals surface area contributed by atoms with Crippen LogP contribution in [0.2, 0.25) is 0 Å². The normalized spacial score (nSPS) is 10.8. The molecule has 5 nitrogen and oxygen atoms in total. The van der Waals surface area contributed by atoms with Crippen LogP contribution in [0.3, 0.4) is 0 Å². The fourth-order valence-electron chi connectivity index (χ4n) is 2.16. The van der Waals surface area contributed by atoms with Crippen molar-refractivity contribution in [1.29, 1.82) is 0 Å². The summed E-state index contributed by atoms with van der Waals surface area (Å²) >= 11 is 3.43. The highest BCUT2D eigenvalue weighted by Gasteiger charge is 2.19. The van der Waals surface area contributed by atoms with E-state index in [1.807, 2.05) is 18.2 Å². The fourth-order valence-corrected chi connectivity index (χ4v) is 2.54. The SMILES string of the molecule is CCOC(=O)c1cc2cc(Br)ccc2n1-c1ncccn1. The van der Waals surface area contributed by atoms with Crippen molar-refractivity contribution in [2.75, 3.05) is 6.61 Å². The quantitative estimate of drug-likeness (QED) is 0.683. The predicted octanol–water partition coefficient (Wildman–Crippen LogP) is 3.36. The summed E-state index contributed by atoms with van der Waals surface area (Å²) in [7, 11) is 0. The van der Waals surface area contributed by atoms with Crippen LogP contribution < -0.4 is 0 Å². The Morgan fingerprint density at radius 1 is 1.29 bits per heavy atom. The number of nitrogens with zero attached hydrogens (tertiary/aromatic N) is 3. The molecule has 0 aliphatic carbocycles. The first-order chi connectivity index (χ1) is 10.2. The van der Waals surface area contributed by atoms with Gasteiger partial charge in [-0.05, 0) is 37.3 Å². The summed E-state index contributed by atoms with van der Waals surface area (Å²) in [6.07, 6.45) is 3.28. The molecule has 6 heteroatoms. The molecule has 21 heavy (non-hydrogen) atoms. The second-order valence-corrected chi connectivity index (χ2v) is 5.25. The van der Waals surface area contributed by atoms with Crippen LogP contribution in [0.1, 0.15) is 17.4 Å². The minimum absolute atomic E-state index is 0.319. The van der Waals surface area contributed by atoms with E-state index in [0.29, 0.717) is 18.2 Å². The third-order valence-corrected chi connectivity index (χ3v) is 3.49. The lowest BCUT2D eigenvalue weighted by Crippen LogP contribution is -2.12. The molecular weight excluding hydrogens is 334 g/mol. The van der Waals surface area contributed by atoms with Gasteiger partial charge >= 0.3 is 5.97 Å². The van der Waals surface area contributed by atoms with Gasteiger partial charge in [0, 0.05) is 22.3 Å². The number of rotatable bonds is 3. The molecule has 0 aliphatic heterocycles. The molecule has 0 saturated carbocycles. The van der Waals surface area contributed by atoms with E-state index in [9.17, 15) is 4.79 Å². The van der Waals surface area contributed by atoms with Crippen molar-refractivity contribution in [2.24, 2.45) is 0 Å². The van der Waals surface area contributed by atoms with E-state index in [1.54, 1.807) is 36.0 Å². The monoisotopic (exact) mass is 345 g/mol. The van der Waals surface area contributed by atoms with Gasteiger partial charge in [0.2, 0.25) is 5.95 Å². The van der Waals surface area contributed by atoms with Crippen molar-refractivity contribution in [1.82, 2.24) is 14.5 Å². The Kier molecular flexibility index (Phi) is 3.70. The Balaban J connectivity index is 2.28. The van der Waals surface area contributed by atoms with Crippen molar-refractivity contribution < 1.29 is 9.53 Å². The second kappa shape index (κ2) is 5.65. The number of carbonyl (C=O) groups excluding carboxylic acids is 1. The van der Waals surface area contributed by atoms with Gasteiger partial charge in [-0.15, -0.1) is 0 Å². The molecule has 0 radical (unpaired) electrons. The van der Waals surface area contributed by atoms with Crippen LogP contribution in [0.4, 0.5) is 0 Å². The molecule has 0 N–H and O–H groups in total. The van der Waals surface area contributed by atoms with Gasteiger partial charge in [-0.3, -0.25) is 4.57 Å². The minimum Gasteiger partial charge on any atom is -0.461 e. The van der Waals surface area contributed by atoms with Gasteiger partial charge in [0.25, 0.3) is 0 Å². The minimum atomic E-state index is -0.391. The summed E-state index contributed by atoms with van der Waals surface area (Å²) < 4.78 is 7.77. The van der Waals surface area contributed by atoms with E-state index in [4.69, 9.17) is 4.74 Å². The third-order valence-electron chi connectivity index (χ3n) is 3.00. The maximum atomic E-state index is 12.2. The standard InChI is InChI=1S/C15H12BrN3O2/c1-2-21-14(20)13-9-10-8-11(16)4-5-12(10)19(13)15-17-6-3-7-18-15/h3-9H,2H2,1H3. The lowest BCUT2D eigenvalue weighted by Gasteiger charge is -2.07. The van der Waals surface area contributed by atoms with E-state index < -0.39 is 5.97 Å². The number of ether oxygens (including phenoxy) is 1. The van der Waals surface area contributed by atoms with Crippen molar-refractivity contribution in [3.63, 3.8) is 0 Å². The van der Waals surface area contributed by atoms with Crippen LogP contribution in [0.15, 0.2) is 47.2 Å². The zero-order chi connectivity index (χ0) is 14.8. The van der Waals surface area contributed by atoms with Gasteiger partial charge in [0.1, 0.15) is 5.69 Å². The van der Waals surface area contributed by atoms with Gasteiger partial charge < -0.3 is 4.74 Å². The highest BCUT2D eigenvalue weighted by molar-refractivity contribution is 9.10. The number of carbonyl (C=O) groups is 1. The molecule has 0 unspecified atom stereocenters. The smallest absolute Gasteiger partial charge is 0.355 e. The Morgan fingerprint density at radius 2 is 2.05 bits per heavy atom. The lowest BCUT2D eigenvalue weighted by atomic mass is 10.2. The maximum Gasteiger partial charge on any atom is 0.355 e. The molecule has 106 valence electrons. The zero-order valence-electron chi connectivity index (χ0n) is 11.3. The molecule has 0 bridgehead atoms. The first kappa shape index (κ1) is 13.8. The van der Waals surface area contributed by atoms with E-state index in [1.165, 1.54) is 0 Å². The lowest BCUT2D eigenvalue weighted by molar-refractivity contribution is 0.0517. The van der Waals surface area contributed by atoms with Crippen molar-refractivity contribution in [2.45, 2.75) is 6.92 Å². The highest BCUT2D eigenvalue weighted by Crippen LogP contribution is 2.26. The van der Waals surface area contributed by atoms with Crippen LogP contribution in [-0.2, 0) is 4.74 Å². The molecule has 0 saturated heterocycles. The maximum absolute atomic E-state index is 12.2. The average Bonchev–Trinajstić information content (AvgIpc) is 2.87. The van der Waals surface area contributed by atoms with E-state index in [-0.39, 0.29) is 0 Å². The molecule has 0 aliphatic rings. The number of fused-ring (bicyclic) bond motifs is 1. The van der Waals surface area contributed by atoms with E-state index in [0.717, 1.165) is 15.4 Å². The first-order valence-corrected chi connectivity index (χ1v) is 7.25. The molecule has 0 amide bonds. The van der Waals surface area contributed by atoms with Crippen LogP contribution in [0.25, 0.3) is 16.9 Å². The van der Waals surface area contributed by atoms with Crippen molar-refractivity contribution in [3.8, 4) is 5.95 Å². The molecule has 0 spiro atoms. The number of aromatic nitrogens is 3. The molecule has 1 aromatic carbocycles. The summed E-state index contributed by atoms with van der Waals surface area (Å²) in [5, 5.41) is 0.917. The van der Waals surface area contributed by atoms with Crippen molar-refractivity contribution in [3.05, 3.63) is 52.9 Å². The molecule has 3 rings (SSSR count). The van der Waals surface area contributed by atoms with Crippen molar-refractivity contribution >= 4 is 32.8 Å². The Bertz CT molecular complexity index is 799. The van der Waals surface area contributed by atoms with Crippen LogP contribution in [0, 0.1) is 0 Å². The predicted molar refractivity (Wildman–Crippen MR) is 82.5 cm³/mol. The van der Waals surface area contributed by atoms with Gasteiger partial charge in [0.15, 0.2) is 0 Å². The molecule has 3 aromatic rings. The van der Waals surface area contributed by atoms with Crippen LogP contribution in [0.5, 0.6) is 0 Å². The topological polar surface area (TPSA) is 57.0 Å². The molecule has 2 aromatic heterocycles. The zero-order valence-corrected chi connectivity index (χ0v) is 12.9. The first-order valence-electron chi connectivity index (χ1n) is 6.46. The van der Waals surface area contributed by atoms with Gasteiger partial charge in [-0.1, -0.05) is 15.9 Å². The number of hydrogen-bond acceptors (Lipinski definition) is 4. The Hall–Kier alpha value is -2.21. The van der Waals surface area contributed by atoms with Gasteiger partial charge in [0.05, 0.1) is 12.1 Å². The Labute approximate surface area is 129 Å². The number of benzene rings is 1. The Morgan fingerprint density at radius 3 is 2.76 bits per heavy atom.